The number of nitrogens with one attached hydrogen (secondary N) is 1. The van der Waals surface area contributed by atoms with Gasteiger partial charge in [0.25, 0.3) is 0 Å². The Morgan fingerprint density at radius 2 is 1.59 bits per heavy atom. The first-order chi connectivity index (χ1) is 12.5. The lowest BCUT2D eigenvalue weighted by atomic mass is 9.79. The van der Waals surface area contributed by atoms with Crippen molar-refractivity contribution < 1.29 is 5.11 Å². The quantitative estimate of drug-likeness (QED) is 0.850. The average molecular weight is 369 g/mol. The fraction of sp³-hybridized carbons (Fsp3) is 0.545. The van der Waals surface area contributed by atoms with Gasteiger partial charge in [0.05, 0.1) is 5.69 Å². The average Bonchev–Trinajstić information content (AvgIpc) is 2.55. The van der Waals surface area contributed by atoms with Crippen LogP contribution in [0.4, 0.5) is 5.82 Å². The molecule has 146 valence electrons. The van der Waals surface area contributed by atoms with Crippen molar-refractivity contribution in [1.82, 2.24) is 15.5 Å². The Kier molecular flexibility index (Phi) is 4.93. The standard InChI is InChI=1S/C22H32N4O/c1-14-10-17(19(27)11-15(14)2)18-8-9-20(24-23-18)26(7)16-12-21(3,4)25-22(5,6)13-16/h8-11,16,25,27H,12-13H2,1-7H3. The number of rotatable bonds is 3. The topological polar surface area (TPSA) is 61.3 Å². The van der Waals surface area contributed by atoms with E-state index in [1.165, 1.54) is 0 Å². The molecule has 5 heteroatoms. The predicted octanol–water partition coefficient (Wildman–Crippen LogP) is 4.21. The molecule has 1 fully saturated rings. The van der Waals surface area contributed by atoms with Gasteiger partial charge in [0.15, 0.2) is 5.82 Å². The Hall–Kier alpha value is -2.14. The van der Waals surface area contributed by atoms with Gasteiger partial charge in [0.1, 0.15) is 5.75 Å². The van der Waals surface area contributed by atoms with E-state index in [4.69, 9.17) is 0 Å². The number of aromatic nitrogens is 2. The van der Waals surface area contributed by atoms with E-state index in [2.05, 4.69) is 55.2 Å². The van der Waals surface area contributed by atoms with E-state index in [1.54, 1.807) is 6.07 Å². The van der Waals surface area contributed by atoms with Crippen LogP contribution in [0, 0.1) is 13.8 Å². The van der Waals surface area contributed by atoms with Crippen LogP contribution in [0.15, 0.2) is 24.3 Å². The smallest absolute Gasteiger partial charge is 0.151 e. The van der Waals surface area contributed by atoms with Crippen LogP contribution < -0.4 is 10.2 Å². The SMILES string of the molecule is Cc1cc(O)c(-c2ccc(N(C)C3CC(C)(C)NC(C)(C)C3)nn2)cc1C. The summed E-state index contributed by atoms with van der Waals surface area (Å²) in [6.07, 6.45) is 2.10. The Balaban J connectivity index is 1.84. The molecule has 27 heavy (non-hydrogen) atoms. The molecule has 1 aromatic carbocycles. The molecule has 0 bridgehead atoms. The van der Waals surface area contributed by atoms with Crippen molar-refractivity contribution in [3.8, 4) is 17.0 Å². The van der Waals surface area contributed by atoms with Crippen LogP contribution in [0.3, 0.4) is 0 Å². The zero-order valence-electron chi connectivity index (χ0n) is 17.6. The van der Waals surface area contributed by atoms with Crippen molar-refractivity contribution >= 4 is 5.82 Å². The molecule has 3 rings (SSSR count). The van der Waals surface area contributed by atoms with Crippen molar-refractivity contribution in [3.05, 3.63) is 35.4 Å². The Morgan fingerprint density at radius 1 is 1.00 bits per heavy atom. The normalized spacial score (nSPS) is 19.1. The third kappa shape index (κ3) is 4.24. The number of phenols is 1. The van der Waals surface area contributed by atoms with Gasteiger partial charge in [-0.15, -0.1) is 10.2 Å². The number of aromatic hydroxyl groups is 1. The second-order valence-electron chi connectivity index (χ2n) is 9.30. The van der Waals surface area contributed by atoms with E-state index in [0.717, 1.165) is 35.3 Å². The van der Waals surface area contributed by atoms with E-state index in [1.807, 2.05) is 32.0 Å². The number of hydrogen-bond acceptors (Lipinski definition) is 5. The lowest BCUT2D eigenvalue weighted by molar-refractivity contribution is 0.160. The first-order valence-electron chi connectivity index (χ1n) is 9.64. The molecule has 0 atom stereocenters. The number of anilines is 1. The van der Waals surface area contributed by atoms with Gasteiger partial charge in [0.2, 0.25) is 0 Å². The molecule has 0 amide bonds. The third-order valence-electron chi connectivity index (χ3n) is 5.62. The van der Waals surface area contributed by atoms with Crippen LogP contribution in [0.1, 0.15) is 51.7 Å². The van der Waals surface area contributed by atoms with Crippen LogP contribution in [-0.2, 0) is 0 Å². The summed E-state index contributed by atoms with van der Waals surface area (Å²) < 4.78 is 0. The third-order valence-corrected chi connectivity index (χ3v) is 5.62. The molecule has 1 aliphatic rings. The van der Waals surface area contributed by atoms with Gasteiger partial charge in [-0.05, 0) is 89.8 Å². The predicted molar refractivity (Wildman–Crippen MR) is 111 cm³/mol. The molecule has 2 aromatic rings. The van der Waals surface area contributed by atoms with Crippen LogP contribution >= 0.6 is 0 Å². The summed E-state index contributed by atoms with van der Waals surface area (Å²) in [6, 6.07) is 8.09. The van der Waals surface area contributed by atoms with Crippen molar-refractivity contribution in [2.24, 2.45) is 0 Å². The van der Waals surface area contributed by atoms with Gasteiger partial charge < -0.3 is 15.3 Å². The van der Waals surface area contributed by atoms with E-state index >= 15 is 0 Å². The highest BCUT2D eigenvalue weighted by atomic mass is 16.3. The first-order valence-corrected chi connectivity index (χ1v) is 9.64. The maximum Gasteiger partial charge on any atom is 0.151 e. The summed E-state index contributed by atoms with van der Waals surface area (Å²) in [5.41, 5.74) is 3.78. The van der Waals surface area contributed by atoms with Gasteiger partial charge in [-0.1, -0.05) is 0 Å². The van der Waals surface area contributed by atoms with Gasteiger partial charge in [-0.25, -0.2) is 0 Å². The molecular formula is C22H32N4O. The minimum absolute atomic E-state index is 0.0826. The molecule has 2 N–H and O–H groups in total. The molecule has 0 radical (unpaired) electrons. The highest BCUT2D eigenvalue weighted by Crippen LogP contribution is 2.34. The summed E-state index contributed by atoms with van der Waals surface area (Å²) in [5.74, 6) is 1.11. The maximum absolute atomic E-state index is 10.3. The second kappa shape index (κ2) is 6.79. The molecule has 0 unspecified atom stereocenters. The van der Waals surface area contributed by atoms with Crippen LogP contribution in [0.2, 0.25) is 0 Å². The van der Waals surface area contributed by atoms with E-state index < -0.39 is 0 Å². The van der Waals surface area contributed by atoms with Crippen LogP contribution in [0.25, 0.3) is 11.3 Å². The molecule has 1 aromatic heterocycles. The Bertz CT molecular complexity index is 811. The zero-order chi connectivity index (χ0) is 20.0. The Labute approximate surface area is 162 Å². The number of benzene rings is 1. The van der Waals surface area contributed by atoms with Crippen molar-refractivity contribution in [3.63, 3.8) is 0 Å². The van der Waals surface area contributed by atoms with Crippen molar-refractivity contribution in [2.75, 3.05) is 11.9 Å². The maximum atomic E-state index is 10.3. The lowest BCUT2D eigenvalue weighted by Crippen LogP contribution is -2.62. The van der Waals surface area contributed by atoms with Crippen molar-refractivity contribution in [1.29, 1.82) is 0 Å². The number of nitrogens with zero attached hydrogens (tertiary/aromatic N) is 3. The molecule has 0 spiro atoms. The molecule has 2 heterocycles. The highest BCUT2D eigenvalue weighted by Gasteiger charge is 2.39. The molecule has 0 saturated carbocycles. The molecule has 1 aliphatic heterocycles. The lowest BCUT2D eigenvalue weighted by Gasteiger charge is -2.49. The van der Waals surface area contributed by atoms with E-state index in [-0.39, 0.29) is 16.8 Å². The number of hydrogen-bond donors (Lipinski definition) is 2. The van der Waals surface area contributed by atoms with Crippen molar-refractivity contribution in [2.45, 2.75) is 71.5 Å². The van der Waals surface area contributed by atoms with Crippen LogP contribution in [-0.4, -0.2) is 39.5 Å². The number of aryl methyl sites for hydroxylation is 2. The van der Waals surface area contributed by atoms with Gasteiger partial charge >= 0.3 is 0 Å². The van der Waals surface area contributed by atoms with Crippen LogP contribution in [0.5, 0.6) is 5.75 Å². The summed E-state index contributed by atoms with van der Waals surface area (Å²) in [4.78, 5) is 2.24. The number of phenolic OH excluding ortho intramolecular Hbond substituents is 1. The molecular weight excluding hydrogens is 336 g/mol. The van der Waals surface area contributed by atoms with E-state index in [9.17, 15) is 5.11 Å². The minimum Gasteiger partial charge on any atom is -0.507 e. The van der Waals surface area contributed by atoms with Gasteiger partial charge in [0, 0.05) is 29.7 Å². The molecule has 0 aliphatic carbocycles. The summed E-state index contributed by atoms with van der Waals surface area (Å²) >= 11 is 0. The summed E-state index contributed by atoms with van der Waals surface area (Å²) in [5, 5.41) is 22.9. The van der Waals surface area contributed by atoms with E-state index in [0.29, 0.717) is 11.7 Å². The minimum atomic E-state index is 0.0826. The highest BCUT2D eigenvalue weighted by molar-refractivity contribution is 5.68. The Morgan fingerprint density at radius 3 is 2.15 bits per heavy atom. The van der Waals surface area contributed by atoms with Gasteiger partial charge in [-0.2, -0.15) is 0 Å². The first kappa shape index (κ1) is 19.6. The fourth-order valence-corrected chi connectivity index (χ4v) is 4.39. The zero-order valence-corrected chi connectivity index (χ0v) is 17.6. The fourth-order valence-electron chi connectivity index (χ4n) is 4.39. The summed E-state index contributed by atoms with van der Waals surface area (Å²) in [7, 11) is 2.10. The van der Waals surface area contributed by atoms with Gasteiger partial charge in [-0.3, -0.25) is 0 Å². The number of piperidine rings is 1. The summed E-state index contributed by atoms with van der Waals surface area (Å²) in [6.45, 7) is 13.1. The largest absolute Gasteiger partial charge is 0.507 e. The molecule has 5 nitrogen and oxygen atoms in total. The molecule has 1 saturated heterocycles. The monoisotopic (exact) mass is 368 g/mol. The second-order valence-corrected chi connectivity index (χ2v) is 9.30.